The Hall–Kier alpha value is -1.99. The van der Waals surface area contributed by atoms with Gasteiger partial charge in [0.2, 0.25) is 0 Å². The van der Waals surface area contributed by atoms with Crippen molar-refractivity contribution in [2.24, 2.45) is 0 Å². The quantitative estimate of drug-likeness (QED) is 0.689. The molecule has 0 unspecified atom stereocenters. The largest absolute Gasteiger partial charge is 0.370 e. The molecule has 1 aliphatic heterocycles. The first kappa shape index (κ1) is 12.1. The number of rotatable bonds is 3. The second kappa shape index (κ2) is 4.94. The number of hydrogen-bond acceptors (Lipinski definition) is 6. The molecule has 0 saturated carbocycles. The predicted octanol–water partition coefficient (Wildman–Crippen LogP) is 2.73. The van der Waals surface area contributed by atoms with Gasteiger partial charge in [-0.25, -0.2) is 4.98 Å². The molecule has 0 aliphatic carbocycles. The van der Waals surface area contributed by atoms with Gasteiger partial charge in [0.05, 0.1) is 27.8 Å². The maximum absolute atomic E-state index is 11.1. The van der Waals surface area contributed by atoms with Crippen LogP contribution in [-0.2, 0) is 4.74 Å². The molecule has 3 rings (SSSR count). The first-order valence-corrected chi connectivity index (χ1v) is 6.52. The van der Waals surface area contributed by atoms with Crippen LogP contribution in [0.25, 0.3) is 10.2 Å². The number of thiophene rings is 1. The average molecular weight is 276 g/mol. The van der Waals surface area contributed by atoms with E-state index in [0.717, 1.165) is 10.2 Å². The van der Waals surface area contributed by atoms with Gasteiger partial charge in [0.25, 0.3) is 0 Å². The van der Waals surface area contributed by atoms with Crippen LogP contribution in [0.3, 0.4) is 0 Å². The first-order valence-electron chi connectivity index (χ1n) is 5.64. The highest BCUT2D eigenvalue weighted by atomic mass is 32.1. The van der Waals surface area contributed by atoms with Crippen molar-refractivity contribution < 1.29 is 9.66 Å². The molecule has 0 spiro atoms. The number of ether oxygens (including phenoxy) is 1. The lowest BCUT2D eigenvalue weighted by molar-refractivity contribution is -0.384. The molecule has 6 nitrogen and oxygen atoms in total. The van der Waals surface area contributed by atoms with Gasteiger partial charge in [-0.3, -0.25) is 10.1 Å². The van der Waals surface area contributed by atoms with Crippen molar-refractivity contribution in [1.29, 1.82) is 0 Å². The third-order valence-corrected chi connectivity index (χ3v) is 3.70. The van der Waals surface area contributed by atoms with E-state index in [1.54, 1.807) is 12.7 Å². The van der Waals surface area contributed by atoms with Crippen LogP contribution in [-0.4, -0.2) is 22.6 Å². The van der Waals surface area contributed by atoms with Crippen molar-refractivity contribution >= 4 is 32.9 Å². The maximum atomic E-state index is 11.1. The Morgan fingerprint density at radius 3 is 3.21 bits per heavy atom. The molecule has 0 aromatic carbocycles. The molecule has 3 heterocycles. The van der Waals surface area contributed by atoms with E-state index >= 15 is 0 Å². The van der Waals surface area contributed by atoms with E-state index in [1.807, 2.05) is 17.5 Å². The van der Waals surface area contributed by atoms with E-state index in [2.05, 4.69) is 10.3 Å². The van der Waals surface area contributed by atoms with Crippen molar-refractivity contribution in [2.45, 2.75) is 6.04 Å². The average Bonchev–Trinajstić information content (AvgIpc) is 2.88. The second-order valence-electron chi connectivity index (χ2n) is 4.02. The molecule has 97 valence electrons. The fourth-order valence-corrected chi connectivity index (χ4v) is 2.76. The Labute approximate surface area is 112 Å². The Morgan fingerprint density at radius 2 is 2.47 bits per heavy atom. The summed E-state index contributed by atoms with van der Waals surface area (Å²) in [6.45, 7) is 2.04. The summed E-state index contributed by atoms with van der Waals surface area (Å²) in [4.78, 5) is 14.8. The molecule has 1 N–H and O–H groups in total. The zero-order chi connectivity index (χ0) is 13.2. The molecule has 7 heteroatoms. The molecule has 0 fully saturated rings. The normalized spacial score (nSPS) is 18.6. The molecular weight excluding hydrogens is 266 g/mol. The highest BCUT2D eigenvalue weighted by molar-refractivity contribution is 7.17. The van der Waals surface area contributed by atoms with Crippen LogP contribution >= 0.6 is 11.3 Å². The van der Waals surface area contributed by atoms with Crippen LogP contribution in [0.4, 0.5) is 11.4 Å². The molecular formula is C12H10N3O3S. The van der Waals surface area contributed by atoms with Gasteiger partial charge in [0, 0.05) is 0 Å². The van der Waals surface area contributed by atoms with Crippen molar-refractivity contribution in [3.8, 4) is 0 Å². The number of nitro groups is 1. The SMILES string of the molecule is O=[N+]([O-])c1cnc2ccsc2c1N[C@H]1C=C[CH]OC1. The number of fused-ring (bicyclic) bond motifs is 1. The number of anilines is 1. The second-order valence-corrected chi connectivity index (χ2v) is 4.93. The number of hydrogen-bond donors (Lipinski definition) is 1. The van der Waals surface area contributed by atoms with Gasteiger partial charge in [0.1, 0.15) is 18.5 Å². The van der Waals surface area contributed by atoms with Gasteiger partial charge in [0.15, 0.2) is 0 Å². The Kier molecular flexibility index (Phi) is 3.14. The van der Waals surface area contributed by atoms with E-state index in [-0.39, 0.29) is 11.7 Å². The molecule has 0 saturated heterocycles. The fourth-order valence-electron chi connectivity index (χ4n) is 1.91. The van der Waals surface area contributed by atoms with Crippen LogP contribution in [0, 0.1) is 16.7 Å². The molecule has 1 aliphatic rings. The minimum atomic E-state index is -0.423. The van der Waals surface area contributed by atoms with Crippen molar-refractivity contribution in [2.75, 3.05) is 11.9 Å². The predicted molar refractivity (Wildman–Crippen MR) is 73.1 cm³/mol. The lowest BCUT2D eigenvalue weighted by atomic mass is 10.2. The lowest BCUT2D eigenvalue weighted by Gasteiger charge is -2.19. The summed E-state index contributed by atoms with van der Waals surface area (Å²) < 4.78 is 5.98. The monoisotopic (exact) mass is 276 g/mol. The molecule has 2 aromatic rings. The molecule has 2 aromatic heterocycles. The fraction of sp³-hybridized carbons (Fsp3) is 0.167. The highest BCUT2D eigenvalue weighted by Crippen LogP contribution is 2.35. The summed E-state index contributed by atoms with van der Waals surface area (Å²) in [5.41, 5.74) is 1.24. The van der Waals surface area contributed by atoms with Crippen molar-refractivity contribution in [3.05, 3.63) is 46.5 Å². The van der Waals surface area contributed by atoms with Crippen LogP contribution < -0.4 is 5.32 Å². The van der Waals surface area contributed by atoms with E-state index in [0.29, 0.717) is 12.3 Å². The lowest BCUT2D eigenvalue weighted by Crippen LogP contribution is -2.25. The number of nitrogens with one attached hydrogen (secondary N) is 1. The standard InChI is InChI=1S/C12H10N3O3S/c16-15(17)10-6-13-9-3-5-19-12(9)11(10)14-8-2-1-4-18-7-8/h1-6,8H,7H2,(H,13,14)/t8-/m0/s1. The number of aromatic nitrogens is 1. The zero-order valence-corrected chi connectivity index (χ0v) is 10.6. The van der Waals surface area contributed by atoms with Gasteiger partial charge in [-0.2, -0.15) is 0 Å². The van der Waals surface area contributed by atoms with E-state index in [9.17, 15) is 10.1 Å². The van der Waals surface area contributed by atoms with Gasteiger partial charge in [-0.05, 0) is 11.4 Å². The minimum Gasteiger partial charge on any atom is -0.370 e. The summed E-state index contributed by atoms with van der Waals surface area (Å²) in [5.74, 6) is 0. The summed E-state index contributed by atoms with van der Waals surface area (Å²) in [6, 6.07) is 1.76. The van der Waals surface area contributed by atoms with Gasteiger partial charge in [-0.15, -0.1) is 11.3 Å². The number of pyridine rings is 1. The topological polar surface area (TPSA) is 77.3 Å². The van der Waals surface area contributed by atoms with Crippen LogP contribution in [0.5, 0.6) is 0 Å². The number of nitrogens with zero attached hydrogens (tertiary/aromatic N) is 2. The Bertz CT molecular complexity index is 653. The van der Waals surface area contributed by atoms with Crippen LogP contribution in [0.1, 0.15) is 0 Å². The van der Waals surface area contributed by atoms with E-state index < -0.39 is 4.92 Å². The highest BCUT2D eigenvalue weighted by Gasteiger charge is 2.21. The van der Waals surface area contributed by atoms with E-state index in [1.165, 1.54) is 17.5 Å². The van der Waals surface area contributed by atoms with Gasteiger partial charge in [-0.1, -0.05) is 12.2 Å². The smallest absolute Gasteiger partial charge is 0.311 e. The molecule has 0 amide bonds. The summed E-state index contributed by atoms with van der Waals surface area (Å²) in [7, 11) is 0. The summed E-state index contributed by atoms with van der Waals surface area (Å²) in [6.07, 6.45) is 4.98. The Balaban J connectivity index is 2.05. The Morgan fingerprint density at radius 1 is 1.58 bits per heavy atom. The third-order valence-electron chi connectivity index (χ3n) is 2.77. The van der Waals surface area contributed by atoms with Crippen LogP contribution in [0.2, 0.25) is 0 Å². The summed E-state index contributed by atoms with van der Waals surface area (Å²) >= 11 is 1.43. The molecule has 0 bridgehead atoms. The van der Waals surface area contributed by atoms with Crippen molar-refractivity contribution in [3.63, 3.8) is 0 Å². The molecule has 19 heavy (non-hydrogen) atoms. The molecule has 1 atom stereocenters. The molecule has 1 radical (unpaired) electrons. The first-order chi connectivity index (χ1) is 9.25. The van der Waals surface area contributed by atoms with Crippen molar-refractivity contribution in [1.82, 2.24) is 4.98 Å². The zero-order valence-electron chi connectivity index (χ0n) is 9.78. The maximum Gasteiger partial charge on any atom is 0.311 e. The van der Waals surface area contributed by atoms with Gasteiger partial charge < -0.3 is 10.1 Å². The van der Waals surface area contributed by atoms with Gasteiger partial charge >= 0.3 is 5.69 Å². The third kappa shape index (κ3) is 2.29. The summed E-state index contributed by atoms with van der Waals surface area (Å²) in [5, 5.41) is 16.1. The van der Waals surface area contributed by atoms with E-state index in [4.69, 9.17) is 4.74 Å². The minimum absolute atomic E-state index is 0.0158. The van der Waals surface area contributed by atoms with Crippen LogP contribution in [0.15, 0.2) is 29.8 Å².